The van der Waals surface area contributed by atoms with Crippen LogP contribution in [0.1, 0.15) is 24.3 Å². The number of piperidine rings is 1. The van der Waals surface area contributed by atoms with E-state index in [1.165, 1.54) is 0 Å². The molecule has 1 atom stereocenters. The van der Waals surface area contributed by atoms with Crippen molar-refractivity contribution in [2.75, 3.05) is 0 Å². The third-order valence-corrected chi connectivity index (χ3v) is 3.41. The van der Waals surface area contributed by atoms with Gasteiger partial charge in [-0.15, -0.1) is 0 Å². The summed E-state index contributed by atoms with van der Waals surface area (Å²) < 4.78 is 0.872. The van der Waals surface area contributed by atoms with E-state index in [1.807, 2.05) is 12.1 Å². The van der Waals surface area contributed by atoms with E-state index in [-0.39, 0.29) is 17.7 Å². The number of carbonyl (C=O) groups is 2. The molecule has 1 aromatic carbocycles. The Bertz CT molecular complexity index is 461. The van der Waals surface area contributed by atoms with E-state index in [9.17, 15) is 9.59 Å². The third-order valence-electron chi connectivity index (χ3n) is 2.57. The number of hydrogen-bond donors (Lipinski definition) is 1. The molecule has 2 rings (SSSR count). The van der Waals surface area contributed by atoms with Crippen LogP contribution in [0.3, 0.4) is 0 Å². The van der Waals surface area contributed by atoms with Crippen LogP contribution in [-0.2, 0) is 9.59 Å². The second-order valence-corrected chi connectivity index (χ2v) is 4.99. The largest absolute Gasteiger partial charge is 0.296 e. The Morgan fingerprint density at radius 3 is 2.81 bits per heavy atom. The van der Waals surface area contributed by atoms with Gasteiger partial charge in [-0.05, 0) is 30.2 Å². The maximum absolute atomic E-state index is 11.7. The van der Waals surface area contributed by atoms with Crippen LogP contribution in [-0.4, -0.2) is 11.8 Å². The smallest absolute Gasteiger partial charge is 0.234 e. The van der Waals surface area contributed by atoms with Crippen molar-refractivity contribution in [2.24, 2.45) is 0 Å². The zero-order chi connectivity index (χ0) is 11.7. The minimum absolute atomic E-state index is 0.215. The first-order valence-electron chi connectivity index (χ1n) is 4.86. The summed E-state index contributed by atoms with van der Waals surface area (Å²) in [5.41, 5.74) is 0.765. The standard InChI is InChI=1S/C11H9BrClNO2/c12-6-1-3-9(13)8(5-6)7-2-4-10(15)14-11(7)16/h1,3,5,7H,2,4H2,(H,14,15,16). The van der Waals surface area contributed by atoms with Crippen molar-refractivity contribution >= 4 is 39.3 Å². The first-order chi connectivity index (χ1) is 7.58. The van der Waals surface area contributed by atoms with Crippen LogP contribution >= 0.6 is 27.5 Å². The number of carbonyl (C=O) groups excluding carboxylic acids is 2. The van der Waals surface area contributed by atoms with Gasteiger partial charge in [-0.3, -0.25) is 14.9 Å². The lowest BCUT2D eigenvalue weighted by Gasteiger charge is -2.22. The van der Waals surface area contributed by atoms with Gasteiger partial charge in [0.15, 0.2) is 0 Å². The molecule has 3 nitrogen and oxygen atoms in total. The minimum Gasteiger partial charge on any atom is -0.296 e. The van der Waals surface area contributed by atoms with Crippen molar-refractivity contribution in [1.29, 1.82) is 0 Å². The Hall–Kier alpha value is -0.870. The summed E-state index contributed by atoms with van der Waals surface area (Å²) in [5.74, 6) is -0.814. The van der Waals surface area contributed by atoms with Gasteiger partial charge in [-0.25, -0.2) is 0 Å². The number of hydrogen-bond acceptors (Lipinski definition) is 2. The summed E-state index contributed by atoms with van der Waals surface area (Å²) in [6, 6.07) is 5.38. The van der Waals surface area contributed by atoms with Crippen LogP contribution in [0.5, 0.6) is 0 Å². The number of nitrogens with one attached hydrogen (secondary N) is 1. The van der Waals surface area contributed by atoms with Crippen LogP contribution in [0, 0.1) is 0 Å². The number of imide groups is 1. The molecule has 16 heavy (non-hydrogen) atoms. The fraction of sp³-hybridized carbons (Fsp3) is 0.273. The van der Waals surface area contributed by atoms with Crippen molar-refractivity contribution in [3.63, 3.8) is 0 Å². The Balaban J connectivity index is 2.33. The second-order valence-electron chi connectivity index (χ2n) is 3.67. The van der Waals surface area contributed by atoms with Crippen LogP contribution in [0.2, 0.25) is 5.02 Å². The van der Waals surface area contributed by atoms with Crippen molar-refractivity contribution in [3.8, 4) is 0 Å². The summed E-state index contributed by atoms with van der Waals surface area (Å²) in [7, 11) is 0. The highest BCUT2D eigenvalue weighted by molar-refractivity contribution is 9.10. The van der Waals surface area contributed by atoms with Gasteiger partial charge in [0, 0.05) is 15.9 Å². The van der Waals surface area contributed by atoms with Gasteiger partial charge in [0.2, 0.25) is 11.8 Å². The zero-order valence-electron chi connectivity index (χ0n) is 8.30. The van der Waals surface area contributed by atoms with Gasteiger partial charge in [0.05, 0.1) is 5.92 Å². The van der Waals surface area contributed by atoms with E-state index in [0.717, 1.165) is 10.0 Å². The van der Waals surface area contributed by atoms with Crippen molar-refractivity contribution < 1.29 is 9.59 Å². The van der Waals surface area contributed by atoms with Gasteiger partial charge in [0.25, 0.3) is 0 Å². The molecule has 0 bridgehead atoms. The molecule has 1 aromatic rings. The number of amides is 2. The molecule has 1 N–H and O–H groups in total. The summed E-state index contributed by atoms with van der Waals surface area (Å²) in [6.07, 6.45) is 0.875. The molecule has 1 aliphatic heterocycles. The van der Waals surface area contributed by atoms with Gasteiger partial charge in [-0.1, -0.05) is 27.5 Å². The Morgan fingerprint density at radius 2 is 2.12 bits per heavy atom. The molecule has 0 spiro atoms. The molecule has 1 aliphatic rings. The minimum atomic E-state index is -0.331. The van der Waals surface area contributed by atoms with Crippen molar-refractivity contribution in [2.45, 2.75) is 18.8 Å². The number of rotatable bonds is 1. The molecule has 1 saturated heterocycles. The van der Waals surface area contributed by atoms with Crippen LogP contribution in [0.15, 0.2) is 22.7 Å². The van der Waals surface area contributed by atoms with Gasteiger partial charge in [0.1, 0.15) is 0 Å². The lowest BCUT2D eigenvalue weighted by molar-refractivity contribution is -0.134. The fourth-order valence-corrected chi connectivity index (χ4v) is 2.40. The maximum Gasteiger partial charge on any atom is 0.234 e. The fourth-order valence-electron chi connectivity index (χ4n) is 1.77. The lowest BCUT2D eigenvalue weighted by Crippen LogP contribution is -2.39. The van der Waals surface area contributed by atoms with Crippen molar-refractivity contribution in [3.05, 3.63) is 33.3 Å². The van der Waals surface area contributed by atoms with E-state index in [1.54, 1.807) is 6.07 Å². The molecular weight excluding hydrogens is 293 g/mol. The van der Waals surface area contributed by atoms with Crippen molar-refractivity contribution in [1.82, 2.24) is 5.32 Å². The predicted octanol–water partition coefficient (Wildman–Crippen LogP) is 2.62. The second kappa shape index (κ2) is 4.55. The highest BCUT2D eigenvalue weighted by Gasteiger charge is 2.29. The predicted molar refractivity (Wildman–Crippen MR) is 64.3 cm³/mol. The highest BCUT2D eigenvalue weighted by atomic mass is 79.9. The first-order valence-corrected chi connectivity index (χ1v) is 6.03. The topological polar surface area (TPSA) is 46.2 Å². The van der Waals surface area contributed by atoms with Crippen LogP contribution < -0.4 is 5.32 Å². The molecular formula is C11H9BrClNO2. The molecule has 0 saturated carbocycles. The van der Waals surface area contributed by atoms with E-state index in [4.69, 9.17) is 11.6 Å². The van der Waals surface area contributed by atoms with Gasteiger partial charge >= 0.3 is 0 Å². The van der Waals surface area contributed by atoms with E-state index < -0.39 is 0 Å². The summed E-state index contributed by atoms with van der Waals surface area (Å²) in [4.78, 5) is 22.7. The Morgan fingerprint density at radius 1 is 1.38 bits per heavy atom. The SMILES string of the molecule is O=C1CCC(c2cc(Br)ccc2Cl)C(=O)N1. The molecule has 0 radical (unpaired) electrons. The summed E-state index contributed by atoms with van der Waals surface area (Å²) in [6.45, 7) is 0. The summed E-state index contributed by atoms with van der Waals surface area (Å²) in [5, 5.41) is 2.88. The zero-order valence-corrected chi connectivity index (χ0v) is 10.6. The summed E-state index contributed by atoms with van der Waals surface area (Å²) >= 11 is 9.38. The van der Waals surface area contributed by atoms with Gasteiger partial charge < -0.3 is 0 Å². The average molecular weight is 303 g/mol. The monoisotopic (exact) mass is 301 g/mol. The first kappa shape index (κ1) is 11.6. The maximum atomic E-state index is 11.7. The normalized spacial score (nSPS) is 20.8. The van der Waals surface area contributed by atoms with E-state index in [0.29, 0.717) is 17.9 Å². The van der Waals surface area contributed by atoms with Crippen LogP contribution in [0.4, 0.5) is 0 Å². The highest BCUT2D eigenvalue weighted by Crippen LogP contribution is 2.32. The molecule has 1 unspecified atom stereocenters. The molecule has 1 heterocycles. The number of benzene rings is 1. The molecule has 2 amide bonds. The quantitative estimate of drug-likeness (QED) is 0.811. The lowest BCUT2D eigenvalue weighted by atomic mass is 9.90. The van der Waals surface area contributed by atoms with Gasteiger partial charge in [-0.2, -0.15) is 0 Å². The molecule has 1 fully saturated rings. The number of halogens is 2. The third kappa shape index (κ3) is 2.28. The average Bonchev–Trinajstić information content (AvgIpc) is 2.22. The molecule has 5 heteroatoms. The van der Waals surface area contributed by atoms with E-state index >= 15 is 0 Å². The van der Waals surface area contributed by atoms with E-state index in [2.05, 4.69) is 21.2 Å². The Labute approximate surface area is 106 Å². The molecule has 0 aromatic heterocycles. The Kier molecular flexibility index (Phi) is 3.30. The molecule has 0 aliphatic carbocycles. The van der Waals surface area contributed by atoms with Crippen LogP contribution in [0.25, 0.3) is 0 Å². The molecule has 84 valence electrons.